The lowest BCUT2D eigenvalue weighted by atomic mass is 10.2. The van der Waals surface area contributed by atoms with Crippen molar-refractivity contribution >= 4 is 28.4 Å². The van der Waals surface area contributed by atoms with Crippen molar-refractivity contribution in [1.82, 2.24) is 35.3 Å². The van der Waals surface area contributed by atoms with E-state index in [1.54, 1.807) is 24.5 Å². The third-order valence-corrected chi connectivity index (χ3v) is 5.17. The van der Waals surface area contributed by atoms with Crippen LogP contribution in [-0.4, -0.2) is 48.5 Å². The topological polar surface area (TPSA) is 123 Å². The van der Waals surface area contributed by atoms with Gasteiger partial charge >= 0.3 is 0 Å². The lowest BCUT2D eigenvalue weighted by Crippen LogP contribution is -2.34. The summed E-state index contributed by atoms with van der Waals surface area (Å²) in [5, 5.41) is 23.0. The summed E-state index contributed by atoms with van der Waals surface area (Å²) < 4.78 is 7.45. The fourth-order valence-corrected chi connectivity index (χ4v) is 3.62. The number of pyridine rings is 1. The molecule has 0 aliphatic rings. The summed E-state index contributed by atoms with van der Waals surface area (Å²) in [7, 11) is 0. The maximum Gasteiger partial charge on any atom is 0.258 e. The monoisotopic (exact) mass is 468 g/mol. The highest BCUT2D eigenvalue weighted by Gasteiger charge is 2.17. The molecule has 1 amide bonds. The van der Waals surface area contributed by atoms with E-state index in [9.17, 15) is 4.79 Å². The van der Waals surface area contributed by atoms with Crippen LogP contribution in [0.4, 0.5) is 11.6 Å². The van der Waals surface area contributed by atoms with Crippen LogP contribution in [0.15, 0.2) is 73.1 Å². The lowest BCUT2D eigenvalue weighted by Gasteiger charge is -2.12. The van der Waals surface area contributed by atoms with Crippen LogP contribution in [0, 0.1) is 0 Å². The molecule has 2 aromatic carbocycles. The molecular weight excluding hydrogens is 444 g/mol. The first-order chi connectivity index (χ1) is 17.1. The molecule has 176 valence electrons. The minimum Gasteiger partial charge on any atom is -0.484 e. The van der Waals surface area contributed by atoms with Gasteiger partial charge in [-0.15, -0.1) is 10.2 Å². The summed E-state index contributed by atoms with van der Waals surface area (Å²) in [6.07, 6.45) is 3.49. The quantitative estimate of drug-likeness (QED) is 0.316. The van der Waals surface area contributed by atoms with Crippen LogP contribution in [0.1, 0.15) is 13.8 Å². The maximum absolute atomic E-state index is 11.8. The first-order valence-electron chi connectivity index (χ1n) is 11.2. The van der Waals surface area contributed by atoms with E-state index in [0.717, 1.165) is 22.2 Å². The van der Waals surface area contributed by atoms with E-state index in [1.165, 1.54) is 0 Å². The molecule has 0 fully saturated rings. The predicted octanol–water partition coefficient (Wildman–Crippen LogP) is 3.85. The Bertz CT molecular complexity index is 1440. The van der Waals surface area contributed by atoms with Crippen LogP contribution in [0.2, 0.25) is 0 Å². The van der Waals surface area contributed by atoms with Crippen LogP contribution >= 0.6 is 0 Å². The molecule has 0 saturated carbocycles. The summed E-state index contributed by atoms with van der Waals surface area (Å²) >= 11 is 0. The number of H-pyrrole nitrogens is 1. The van der Waals surface area contributed by atoms with Crippen LogP contribution < -0.4 is 15.4 Å². The Kier molecular flexibility index (Phi) is 6.08. The van der Waals surface area contributed by atoms with Gasteiger partial charge < -0.3 is 15.4 Å². The molecule has 0 spiro atoms. The number of carbonyl (C=O) groups excluding carboxylic acids is 1. The first-order valence-corrected chi connectivity index (χ1v) is 11.2. The van der Waals surface area contributed by atoms with Crippen molar-refractivity contribution in [3.63, 3.8) is 0 Å². The average Bonchev–Trinajstić information content (AvgIpc) is 3.50. The number of carbonyl (C=O) groups is 1. The second kappa shape index (κ2) is 9.64. The van der Waals surface area contributed by atoms with Gasteiger partial charge in [0.1, 0.15) is 11.6 Å². The Morgan fingerprint density at radius 3 is 2.71 bits per heavy atom. The van der Waals surface area contributed by atoms with E-state index in [4.69, 9.17) is 4.74 Å². The predicted molar refractivity (Wildman–Crippen MR) is 133 cm³/mol. The normalized spacial score (nSPS) is 11.1. The number of hydrogen-bond acceptors (Lipinski definition) is 7. The zero-order chi connectivity index (χ0) is 24.2. The number of ether oxygens (including phenoxy) is 1. The van der Waals surface area contributed by atoms with E-state index in [1.807, 2.05) is 66.9 Å². The number of aromatic nitrogens is 6. The first kappa shape index (κ1) is 22.1. The van der Waals surface area contributed by atoms with Crippen LogP contribution in [0.5, 0.6) is 5.75 Å². The van der Waals surface area contributed by atoms with Crippen molar-refractivity contribution < 1.29 is 9.53 Å². The van der Waals surface area contributed by atoms with Crippen molar-refractivity contribution in [2.45, 2.75) is 19.9 Å². The molecule has 5 rings (SSSR count). The Morgan fingerprint density at radius 1 is 1.09 bits per heavy atom. The molecule has 5 aromatic rings. The molecule has 0 bridgehead atoms. The van der Waals surface area contributed by atoms with E-state index in [-0.39, 0.29) is 18.6 Å². The van der Waals surface area contributed by atoms with E-state index in [2.05, 4.69) is 36.0 Å². The van der Waals surface area contributed by atoms with Crippen molar-refractivity contribution in [3.8, 4) is 23.0 Å². The Labute approximate surface area is 201 Å². The van der Waals surface area contributed by atoms with Crippen molar-refractivity contribution in [2.75, 3.05) is 11.9 Å². The lowest BCUT2D eigenvalue weighted by molar-refractivity contribution is -0.123. The summed E-state index contributed by atoms with van der Waals surface area (Å²) in [5.41, 5.74) is 2.62. The number of rotatable bonds is 8. The zero-order valence-corrected chi connectivity index (χ0v) is 19.3. The minimum absolute atomic E-state index is 0.0449. The third-order valence-electron chi connectivity index (χ3n) is 5.17. The van der Waals surface area contributed by atoms with E-state index in [0.29, 0.717) is 23.3 Å². The molecule has 0 saturated heterocycles. The van der Waals surface area contributed by atoms with Gasteiger partial charge in [-0.2, -0.15) is 5.10 Å². The number of aromatic amines is 1. The second-order valence-corrected chi connectivity index (χ2v) is 8.20. The summed E-state index contributed by atoms with van der Waals surface area (Å²) in [6.45, 7) is 3.77. The summed E-state index contributed by atoms with van der Waals surface area (Å²) in [6, 6.07) is 19.0. The van der Waals surface area contributed by atoms with Gasteiger partial charge in [0.2, 0.25) is 5.95 Å². The fraction of sp³-hybridized carbons (Fsp3) is 0.160. The number of anilines is 2. The van der Waals surface area contributed by atoms with E-state index < -0.39 is 0 Å². The molecule has 10 nitrogen and oxygen atoms in total. The fourth-order valence-electron chi connectivity index (χ4n) is 3.62. The third kappa shape index (κ3) is 4.96. The van der Waals surface area contributed by atoms with Crippen molar-refractivity contribution in [3.05, 3.63) is 73.1 Å². The largest absolute Gasteiger partial charge is 0.484 e. The van der Waals surface area contributed by atoms with Gasteiger partial charge in [-0.3, -0.25) is 9.89 Å². The highest BCUT2D eigenvalue weighted by atomic mass is 16.5. The van der Waals surface area contributed by atoms with Gasteiger partial charge in [-0.1, -0.05) is 6.07 Å². The van der Waals surface area contributed by atoms with Crippen LogP contribution in [0.25, 0.3) is 28.1 Å². The number of amides is 1. The van der Waals surface area contributed by atoms with Gasteiger partial charge in [-0.05, 0) is 68.4 Å². The number of nitrogens with one attached hydrogen (secondary N) is 3. The highest BCUT2D eigenvalue weighted by molar-refractivity contribution is 5.82. The molecule has 0 aliphatic carbocycles. The minimum atomic E-state index is -0.164. The number of benzene rings is 2. The maximum atomic E-state index is 11.8. The Balaban J connectivity index is 1.43. The van der Waals surface area contributed by atoms with Crippen LogP contribution in [0.3, 0.4) is 0 Å². The summed E-state index contributed by atoms with van der Waals surface area (Å²) in [5.74, 6) is 2.23. The Morgan fingerprint density at radius 2 is 1.94 bits per heavy atom. The SMILES string of the molecule is CC(C)NC(=O)COc1ccc(-c2nnc(Nc3ccc4[nH]ncc4c3)n2-c2ccccn2)cc1. The average molecular weight is 469 g/mol. The molecule has 10 heteroatoms. The van der Waals surface area contributed by atoms with Gasteiger partial charge in [0.05, 0.1) is 11.7 Å². The number of nitrogens with zero attached hydrogens (tertiary/aromatic N) is 5. The molecule has 3 N–H and O–H groups in total. The molecule has 0 radical (unpaired) electrons. The van der Waals surface area contributed by atoms with Crippen molar-refractivity contribution in [2.24, 2.45) is 0 Å². The zero-order valence-electron chi connectivity index (χ0n) is 19.3. The number of hydrogen-bond donors (Lipinski definition) is 3. The van der Waals surface area contributed by atoms with E-state index >= 15 is 0 Å². The molecule has 3 aromatic heterocycles. The molecule has 0 atom stereocenters. The van der Waals surface area contributed by atoms with Gasteiger partial charge in [0.25, 0.3) is 5.91 Å². The van der Waals surface area contributed by atoms with Crippen LogP contribution in [-0.2, 0) is 4.79 Å². The summed E-state index contributed by atoms with van der Waals surface area (Å²) in [4.78, 5) is 16.3. The second-order valence-electron chi connectivity index (χ2n) is 8.20. The number of fused-ring (bicyclic) bond motifs is 1. The molecule has 0 aliphatic heterocycles. The molecule has 35 heavy (non-hydrogen) atoms. The highest BCUT2D eigenvalue weighted by Crippen LogP contribution is 2.28. The molecule has 3 heterocycles. The van der Waals surface area contributed by atoms with Gasteiger partial charge in [0.15, 0.2) is 12.4 Å². The van der Waals surface area contributed by atoms with Gasteiger partial charge in [-0.25, -0.2) is 9.55 Å². The smallest absolute Gasteiger partial charge is 0.258 e. The Hall–Kier alpha value is -4.73. The molecule has 0 unspecified atom stereocenters. The molecular formula is C25H24N8O2. The standard InChI is InChI=1S/C25H24N8O2/c1-16(2)28-23(34)15-35-20-9-6-17(7-10-20)24-31-32-25(33(24)22-5-3-4-12-26-22)29-19-8-11-21-18(13-19)14-27-30-21/h3-14,16H,15H2,1-2H3,(H,27,30)(H,28,34)(H,29,32). The van der Waals surface area contributed by atoms with Gasteiger partial charge in [0, 0.05) is 28.9 Å². The van der Waals surface area contributed by atoms with Crippen molar-refractivity contribution in [1.29, 1.82) is 0 Å².